The summed E-state index contributed by atoms with van der Waals surface area (Å²) in [7, 11) is 0. The van der Waals surface area contributed by atoms with Crippen molar-refractivity contribution in [1.29, 1.82) is 0 Å². The van der Waals surface area contributed by atoms with Crippen LogP contribution in [0.3, 0.4) is 0 Å². The van der Waals surface area contributed by atoms with E-state index in [2.05, 4.69) is 33.1 Å². The number of halogens is 1. The lowest BCUT2D eigenvalue weighted by atomic mass is 10.1. The molecule has 3 N–H and O–H groups in total. The number of nitrogen functional groups attached to an aromatic ring is 1. The molecule has 4 heteroatoms. The van der Waals surface area contributed by atoms with E-state index in [0.717, 1.165) is 34.9 Å². The lowest BCUT2D eigenvalue weighted by molar-refractivity contribution is 0.345. The van der Waals surface area contributed by atoms with E-state index in [1.165, 1.54) is 19.5 Å². The second-order valence-electron chi connectivity index (χ2n) is 4.66. The summed E-state index contributed by atoms with van der Waals surface area (Å²) >= 11 is 3.47. The van der Waals surface area contributed by atoms with Crippen LogP contribution in [-0.2, 0) is 0 Å². The van der Waals surface area contributed by atoms with Crippen molar-refractivity contribution in [3.63, 3.8) is 0 Å². The lowest BCUT2D eigenvalue weighted by Crippen LogP contribution is -2.22. The van der Waals surface area contributed by atoms with Gasteiger partial charge in [-0.15, -0.1) is 0 Å². The van der Waals surface area contributed by atoms with Crippen LogP contribution in [-0.4, -0.2) is 31.1 Å². The number of hydrogen-bond acceptors (Lipinski definition) is 3. The molecule has 1 atom stereocenters. The largest absolute Gasteiger partial charge is 0.397 e. The molecule has 0 spiro atoms. The summed E-state index contributed by atoms with van der Waals surface area (Å²) in [5.74, 6) is 0.744. The van der Waals surface area contributed by atoms with Gasteiger partial charge in [-0.3, -0.25) is 0 Å². The minimum absolute atomic E-state index is 0.744. The zero-order valence-electron chi connectivity index (χ0n) is 10.2. The summed E-state index contributed by atoms with van der Waals surface area (Å²) in [6, 6.07) is 5.94. The summed E-state index contributed by atoms with van der Waals surface area (Å²) in [5.41, 5.74) is 7.79. The monoisotopic (exact) mass is 297 g/mol. The molecule has 1 aliphatic rings. The maximum Gasteiger partial charge on any atom is 0.0585 e. The van der Waals surface area contributed by atoms with Gasteiger partial charge in [0.05, 0.1) is 11.4 Å². The fourth-order valence-corrected chi connectivity index (χ4v) is 2.66. The maximum absolute atomic E-state index is 5.93. The van der Waals surface area contributed by atoms with E-state index in [-0.39, 0.29) is 0 Å². The quantitative estimate of drug-likeness (QED) is 0.840. The van der Waals surface area contributed by atoms with Crippen molar-refractivity contribution in [2.45, 2.75) is 13.3 Å². The van der Waals surface area contributed by atoms with Gasteiger partial charge in [0.1, 0.15) is 0 Å². The van der Waals surface area contributed by atoms with E-state index in [1.807, 2.05) is 18.2 Å². The number of anilines is 2. The zero-order chi connectivity index (χ0) is 12.3. The Morgan fingerprint density at radius 3 is 3.06 bits per heavy atom. The van der Waals surface area contributed by atoms with Crippen LogP contribution in [0.4, 0.5) is 11.4 Å². The van der Waals surface area contributed by atoms with E-state index < -0.39 is 0 Å². The average Bonchev–Trinajstić information content (AvgIpc) is 2.78. The van der Waals surface area contributed by atoms with Gasteiger partial charge in [-0.2, -0.15) is 0 Å². The highest BCUT2D eigenvalue weighted by Crippen LogP contribution is 2.24. The molecule has 94 valence electrons. The topological polar surface area (TPSA) is 41.3 Å². The van der Waals surface area contributed by atoms with Crippen LogP contribution in [0.25, 0.3) is 0 Å². The van der Waals surface area contributed by atoms with Gasteiger partial charge in [-0.05, 0) is 43.6 Å². The predicted octanol–water partition coefficient (Wildman–Crippen LogP) is 2.79. The zero-order valence-corrected chi connectivity index (χ0v) is 11.8. The Kier molecular flexibility index (Phi) is 4.29. The van der Waals surface area contributed by atoms with Crippen LogP contribution in [0.2, 0.25) is 0 Å². The van der Waals surface area contributed by atoms with Crippen LogP contribution in [0.15, 0.2) is 22.7 Å². The number of nitrogens with two attached hydrogens (primary N) is 1. The molecule has 0 aromatic heterocycles. The highest BCUT2D eigenvalue weighted by atomic mass is 79.9. The molecule has 1 aliphatic heterocycles. The third-order valence-corrected chi connectivity index (χ3v) is 3.91. The van der Waals surface area contributed by atoms with Crippen molar-refractivity contribution in [2.24, 2.45) is 5.92 Å². The van der Waals surface area contributed by atoms with E-state index in [9.17, 15) is 0 Å². The normalized spacial score (nSPS) is 20.7. The summed E-state index contributed by atoms with van der Waals surface area (Å²) in [4.78, 5) is 2.50. The molecule has 0 aliphatic carbocycles. The maximum atomic E-state index is 5.93. The molecular weight excluding hydrogens is 278 g/mol. The number of rotatable bonds is 4. The van der Waals surface area contributed by atoms with Gasteiger partial charge in [0.2, 0.25) is 0 Å². The predicted molar refractivity (Wildman–Crippen MR) is 77.3 cm³/mol. The van der Waals surface area contributed by atoms with E-state index in [0.29, 0.717) is 0 Å². The van der Waals surface area contributed by atoms with Crippen molar-refractivity contribution in [3.05, 3.63) is 22.7 Å². The number of hydrogen-bond donors (Lipinski definition) is 2. The molecule has 1 aromatic carbocycles. The summed E-state index contributed by atoms with van der Waals surface area (Å²) in [5, 5.41) is 3.46. The SMILES string of the molecule is CCN1CCC(CNc2cc(Br)ccc2N)C1. The standard InChI is InChI=1S/C13H20BrN3/c1-2-17-6-5-10(9-17)8-16-13-7-11(14)3-4-12(13)15/h3-4,7,10,16H,2,5-6,8-9,15H2,1H3. The number of nitrogens with zero attached hydrogens (tertiary/aromatic N) is 1. The van der Waals surface area contributed by atoms with Crippen LogP contribution in [0.1, 0.15) is 13.3 Å². The van der Waals surface area contributed by atoms with Crippen molar-refractivity contribution >= 4 is 27.3 Å². The molecule has 1 unspecified atom stereocenters. The Labute approximate surface area is 111 Å². The third-order valence-electron chi connectivity index (χ3n) is 3.41. The van der Waals surface area contributed by atoms with Crippen molar-refractivity contribution in [2.75, 3.05) is 37.2 Å². The van der Waals surface area contributed by atoms with Gasteiger partial charge in [-0.25, -0.2) is 0 Å². The first kappa shape index (κ1) is 12.7. The lowest BCUT2D eigenvalue weighted by Gasteiger charge is -2.15. The van der Waals surface area contributed by atoms with Gasteiger partial charge in [0.15, 0.2) is 0 Å². The van der Waals surface area contributed by atoms with Gasteiger partial charge < -0.3 is 16.0 Å². The molecule has 1 aromatic rings. The van der Waals surface area contributed by atoms with Crippen LogP contribution >= 0.6 is 15.9 Å². The number of nitrogens with one attached hydrogen (secondary N) is 1. The fourth-order valence-electron chi connectivity index (χ4n) is 2.30. The third kappa shape index (κ3) is 3.36. The first-order chi connectivity index (χ1) is 8.19. The van der Waals surface area contributed by atoms with E-state index in [1.54, 1.807) is 0 Å². The van der Waals surface area contributed by atoms with Crippen molar-refractivity contribution < 1.29 is 0 Å². The highest BCUT2D eigenvalue weighted by Gasteiger charge is 2.20. The molecule has 0 radical (unpaired) electrons. The Bertz CT molecular complexity index is 381. The van der Waals surface area contributed by atoms with Crippen molar-refractivity contribution in [1.82, 2.24) is 4.90 Å². The summed E-state index contributed by atoms with van der Waals surface area (Å²) in [6.07, 6.45) is 1.29. The van der Waals surface area contributed by atoms with E-state index in [4.69, 9.17) is 5.73 Å². The minimum atomic E-state index is 0.744. The molecular formula is C13H20BrN3. The number of benzene rings is 1. The number of likely N-dealkylation sites (tertiary alicyclic amines) is 1. The second kappa shape index (κ2) is 5.74. The molecule has 1 fully saturated rings. The summed E-state index contributed by atoms with van der Waals surface area (Å²) < 4.78 is 1.07. The highest BCUT2D eigenvalue weighted by molar-refractivity contribution is 9.10. The Hall–Kier alpha value is -0.740. The molecule has 0 amide bonds. The Morgan fingerprint density at radius 2 is 2.35 bits per heavy atom. The molecule has 1 heterocycles. The van der Waals surface area contributed by atoms with Crippen LogP contribution in [0, 0.1) is 5.92 Å². The summed E-state index contributed by atoms with van der Waals surface area (Å²) in [6.45, 7) is 6.84. The molecule has 2 rings (SSSR count). The van der Waals surface area contributed by atoms with Gasteiger partial charge in [0.25, 0.3) is 0 Å². The molecule has 3 nitrogen and oxygen atoms in total. The van der Waals surface area contributed by atoms with Gasteiger partial charge in [-0.1, -0.05) is 22.9 Å². The van der Waals surface area contributed by atoms with Crippen LogP contribution in [0.5, 0.6) is 0 Å². The Morgan fingerprint density at radius 1 is 1.53 bits per heavy atom. The smallest absolute Gasteiger partial charge is 0.0585 e. The Balaban J connectivity index is 1.88. The molecule has 0 bridgehead atoms. The van der Waals surface area contributed by atoms with Gasteiger partial charge >= 0.3 is 0 Å². The first-order valence-electron chi connectivity index (χ1n) is 6.20. The van der Waals surface area contributed by atoms with Crippen LogP contribution < -0.4 is 11.1 Å². The molecule has 1 saturated heterocycles. The van der Waals surface area contributed by atoms with Crippen molar-refractivity contribution in [3.8, 4) is 0 Å². The second-order valence-corrected chi connectivity index (χ2v) is 5.58. The van der Waals surface area contributed by atoms with E-state index >= 15 is 0 Å². The average molecular weight is 298 g/mol. The van der Waals surface area contributed by atoms with Gasteiger partial charge in [0, 0.05) is 17.6 Å². The molecule has 17 heavy (non-hydrogen) atoms. The first-order valence-corrected chi connectivity index (χ1v) is 6.99. The molecule has 0 saturated carbocycles. The minimum Gasteiger partial charge on any atom is -0.397 e. The fraction of sp³-hybridized carbons (Fsp3) is 0.538.